The van der Waals surface area contributed by atoms with Gasteiger partial charge in [0.2, 0.25) is 0 Å². The fourth-order valence-electron chi connectivity index (χ4n) is 5.97. The fraction of sp³-hybridized carbons (Fsp3) is 0. The van der Waals surface area contributed by atoms with Crippen molar-refractivity contribution in [1.29, 1.82) is 0 Å². The molecule has 0 saturated heterocycles. The van der Waals surface area contributed by atoms with Crippen LogP contribution in [0.5, 0.6) is 0 Å². The van der Waals surface area contributed by atoms with Gasteiger partial charge < -0.3 is 9.30 Å². The normalized spacial score (nSPS) is 11.9. The van der Waals surface area contributed by atoms with Crippen molar-refractivity contribution >= 4 is 65.9 Å². The molecule has 0 radical (unpaired) electrons. The molecule has 0 aliphatic rings. The number of hydrogen-bond donors (Lipinski definition) is 0. The zero-order valence-corrected chi connectivity index (χ0v) is 19.6. The molecule has 0 spiro atoms. The first kappa shape index (κ1) is 19.5. The Morgan fingerprint density at radius 3 is 1.78 bits per heavy atom. The van der Waals surface area contributed by atoms with Crippen molar-refractivity contribution in [3.05, 3.63) is 133 Å². The highest BCUT2D eigenvalue weighted by Crippen LogP contribution is 2.45. The van der Waals surface area contributed by atoms with Gasteiger partial charge in [-0.05, 0) is 65.4 Å². The summed E-state index contributed by atoms with van der Waals surface area (Å²) in [5.74, 6) is 0. The third kappa shape index (κ3) is 2.61. The van der Waals surface area contributed by atoms with E-state index < -0.39 is 0 Å². The van der Waals surface area contributed by atoms with E-state index in [1.165, 1.54) is 48.9 Å². The molecule has 8 aromatic rings. The van der Waals surface area contributed by atoms with Gasteiger partial charge in [0.15, 0.2) is 0 Å². The molecule has 36 heavy (non-hydrogen) atoms. The van der Waals surface area contributed by atoms with Crippen LogP contribution in [0, 0.1) is 0 Å². The number of benzene rings is 6. The molecule has 0 amide bonds. The highest BCUT2D eigenvalue weighted by molar-refractivity contribution is 6.31. The second-order valence-corrected chi connectivity index (χ2v) is 9.43. The summed E-state index contributed by atoms with van der Waals surface area (Å²) in [6.07, 6.45) is 0. The van der Waals surface area contributed by atoms with Gasteiger partial charge in [0.25, 0.3) is 0 Å². The molecule has 0 saturated carbocycles. The number of nitrogens with zero attached hydrogens (tertiary/aromatic N) is 2. The Kier molecular flexibility index (Phi) is 3.97. The van der Waals surface area contributed by atoms with E-state index in [9.17, 15) is 0 Å². The van der Waals surface area contributed by atoms with Crippen molar-refractivity contribution in [2.24, 2.45) is 0 Å². The van der Waals surface area contributed by atoms with Crippen molar-refractivity contribution < 1.29 is 0 Å². The van der Waals surface area contributed by atoms with Crippen molar-refractivity contribution in [3.8, 4) is 0 Å². The maximum Gasteiger partial charge on any atom is 0.0626 e. The van der Waals surface area contributed by atoms with Gasteiger partial charge in [-0.15, -0.1) is 0 Å². The summed E-state index contributed by atoms with van der Waals surface area (Å²) >= 11 is 0. The first-order valence-electron chi connectivity index (χ1n) is 12.4. The van der Waals surface area contributed by atoms with Crippen molar-refractivity contribution in [2.75, 3.05) is 4.90 Å². The first-order chi connectivity index (χ1) is 17.9. The van der Waals surface area contributed by atoms with Gasteiger partial charge in [-0.1, -0.05) is 78.9 Å². The van der Waals surface area contributed by atoms with Crippen LogP contribution in [0.2, 0.25) is 0 Å². The lowest BCUT2D eigenvalue weighted by Gasteiger charge is -2.25. The van der Waals surface area contributed by atoms with Gasteiger partial charge in [-0.25, -0.2) is 0 Å². The maximum atomic E-state index is 2.46. The highest BCUT2D eigenvalue weighted by atomic mass is 15.1. The molecule has 8 rings (SSSR count). The maximum absolute atomic E-state index is 2.46. The second-order valence-electron chi connectivity index (χ2n) is 9.43. The lowest BCUT2D eigenvalue weighted by molar-refractivity contribution is 1.29. The molecule has 0 bridgehead atoms. The van der Waals surface area contributed by atoms with Crippen LogP contribution < -0.4 is 4.90 Å². The standard InChI is InChI=1S/C34H22N2/c1-3-12-24(13-4-1)35(25-14-5-2-6-15-25)26-19-20-32-30(22-26)33-27-16-8-7-11-23(27)21-29-28-17-9-10-18-31(28)36(32)34(29)33/h1-22H. The van der Waals surface area contributed by atoms with E-state index in [1.54, 1.807) is 0 Å². The summed E-state index contributed by atoms with van der Waals surface area (Å²) in [7, 11) is 0. The van der Waals surface area contributed by atoms with E-state index in [1.807, 2.05) is 0 Å². The van der Waals surface area contributed by atoms with Crippen LogP contribution in [0.4, 0.5) is 17.1 Å². The van der Waals surface area contributed by atoms with Crippen molar-refractivity contribution in [3.63, 3.8) is 0 Å². The first-order valence-corrected chi connectivity index (χ1v) is 12.4. The Balaban J connectivity index is 1.52. The molecule has 0 unspecified atom stereocenters. The van der Waals surface area contributed by atoms with Crippen LogP contribution in [0.25, 0.3) is 48.9 Å². The van der Waals surface area contributed by atoms with Gasteiger partial charge in [-0.3, -0.25) is 0 Å². The zero-order valence-electron chi connectivity index (χ0n) is 19.6. The summed E-state index contributed by atoms with van der Waals surface area (Å²) < 4.78 is 2.46. The van der Waals surface area contributed by atoms with Crippen LogP contribution in [0.1, 0.15) is 0 Å². The average Bonchev–Trinajstić information content (AvgIpc) is 3.45. The summed E-state index contributed by atoms with van der Waals surface area (Å²) in [5, 5.41) is 7.83. The smallest absolute Gasteiger partial charge is 0.0626 e. The largest absolute Gasteiger partial charge is 0.310 e. The van der Waals surface area contributed by atoms with Gasteiger partial charge >= 0.3 is 0 Å². The van der Waals surface area contributed by atoms with Crippen LogP contribution in [0.15, 0.2) is 133 Å². The third-order valence-electron chi connectivity index (χ3n) is 7.46. The monoisotopic (exact) mass is 458 g/mol. The average molecular weight is 459 g/mol. The van der Waals surface area contributed by atoms with E-state index in [4.69, 9.17) is 0 Å². The van der Waals surface area contributed by atoms with E-state index in [0.29, 0.717) is 0 Å². The minimum Gasteiger partial charge on any atom is -0.310 e. The molecule has 0 aliphatic heterocycles. The molecule has 0 fully saturated rings. The number of fused-ring (bicyclic) bond motifs is 8. The molecule has 2 aromatic heterocycles. The molecule has 6 aromatic carbocycles. The third-order valence-corrected chi connectivity index (χ3v) is 7.46. The number of aromatic nitrogens is 1. The lowest BCUT2D eigenvalue weighted by atomic mass is 10.00. The van der Waals surface area contributed by atoms with Crippen molar-refractivity contribution in [2.45, 2.75) is 0 Å². The molecule has 2 heteroatoms. The number of anilines is 3. The van der Waals surface area contributed by atoms with Gasteiger partial charge in [-0.2, -0.15) is 0 Å². The van der Waals surface area contributed by atoms with E-state index in [-0.39, 0.29) is 0 Å². The van der Waals surface area contributed by atoms with Crippen LogP contribution in [-0.2, 0) is 0 Å². The molecule has 2 heterocycles. The van der Waals surface area contributed by atoms with Crippen LogP contribution in [0.3, 0.4) is 0 Å². The SMILES string of the molecule is c1ccc(N(c2ccccc2)c2ccc3c(c2)c2c4ccccc4cc4c5ccccc5n3c42)cc1. The topological polar surface area (TPSA) is 7.65 Å². The van der Waals surface area contributed by atoms with Gasteiger partial charge in [0, 0.05) is 38.6 Å². The minimum atomic E-state index is 1.15. The summed E-state index contributed by atoms with van der Waals surface area (Å²) in [4.78, 5) is 2.34. The lowest BCUT2D eigenvalue weighted by Crippen LogP contribution is -2.09. The number of rotatable bonds is 3. The molecule has 0 N–H and O–H groups in total. The number of para-hydroxylation sites is 3. The second kappa shape index (κ2) is 7.34. The Hall–Kier alpha value is -4.82. The Morgan fingerprint density at radius 2 is 1.03 bits per heavy atom. The van der Waals surface area contributed by atoms with Gasteiger partial charge in [0.05, 0.1) is 16.6 Å². The molecule has 2 nitrogen and oxygen atoms in total. The van der Waals surface area contributed by atoms with Crippen LogP contribution >= 0.6 is 0 Å². The Labute approximate surface area is 208 Å². The molecule has 168 valence electrons. The van der Waals surface area contributed by atoms with E-state index in [0.717, 1.165) is 17.1 Å². The van der Waals surface area contributed by atoms with Gasteiger partial charge in [0.1, 0.15) is 0 Å². The Morgan fingerprint density at radius 1 is 0.417 bits per heavy atom. The summed E-state index contributed by atoms with van der Waals surface area (Å²) in [6.45, 7) is 0. The summed E-state index contributed by atoms with van der Waals surface area (Å²) in [5.41, 5.74) is 7.27. The van der Waals surface area contributed by atoms with E-state index >= 15 is 0 Å². The molecular weight excluding hydrogens is 436 g/mol. The summed E-state index contributed by atoms with van der Waals surface area (Å²) in [6, 6.07) is 48.1. The highest BCUT2D eigenvalue weighted by Gasteiger charge is 2.21. The molecule has 0 aliphatic carbocycles. The quantitative estimate of drug-likeness (QED) is 0.256. The predicted octanol–water partition coefficient (Wildman–Crippen LogP) is 9.46. The zero-order chi connectivity index (χ0) is 23.6. The van der Waals surface area contributed by atoms with Crippen LogP contribution in [-0.4, -0.2) is 4.40 Å². The van der Waals surface area contributed by atoms with E-state index in [2.05, 4.69) is 143 Å². The molecule has 0 atom stereocenters. The van der Waals surface area contributed by atoms with Crippen molar-refractivity contribution in [1.82, 2.24) is 4.40 Å². The molecular formula is C34H22N2. The minimum absolute atomic E-state index is 1.15. The fourth-order valence-corrected chi connectivity index (χ4v) is 5.97. The predicted molar refractivity (Wildman–Crippen MR) is 153 cm³/mol. The Bertz CT molecular complexity index is 2000. The number of hydrogen-bond acceptors (Lipinski definition) is 1.